The Bertz CT molecular complexity index is 348. The number of hydrogen-bond donors (Lipinski definition) is 0. The molecule has 1 heterocycles. The van der Waals surface area contributed by atoms with Crippen LogP contribution in [0.5, 0.6) is 0 Å². The van der Waals surface area contributed by atoms with Gasteiger partial charge >= 0.3 is 0 Å². The van der Waals surface area contributed by atoms with Gasteiger partial charge in [-0.05, 0) is 5.56 Å². The molecule has 0 aliphatic carbocycles. The first-order valence-corrected chi connectivity index (χ1v) is 9.72. The van der Waals surface area contributed by atoms with Crippen molar-refractivity contribution >= 4 is 23.5 Å². The van der Waals surface area contributed by atoms with E-state index in [9.17, 15) is 0 Å². The van der Waals surface area contributed by atoms with Gasteiger partial charge in [0.1, 0.15) is 0 Å². The molecule has 1 saturated heterocycles. The van der Waals surface area contributed by atoms with Gasteiger partial charge in [0.25, 0.3) is 0 Å². The molecule has 5 heteroatoms. The first-order chi connectivity index (χ1) is 10.4. The van der Waals surface area contributed by atoms with Gasteiger partial charge in [0.2, 0.25) is 0 Å². The second-order valence-corrected chi connectivity index (χ2v) is 7.09. The Morgan fingerprint density at radius 1 is 0.905 bits per heavy atom. The summed E-state index contributed by atoms with van der Waals surface area (Å²) in [6.07, 6.45) is 0.293. The second kappa shape index (κ2) is 11.4. The minimum Gasteiger partial charge on any atom is -0.378 e. The molecule has 0 saturated carbocycles. The van der Waals surface area contributed by atoms with Crippen LogP contribution in [0, 0.1) is 0 Å². The fourth-order valence-electron chi connectivity index (χ4n) is 1.92. The fraction of sp³-hybridized carbons (Fsp3) is 0.625. The molecule has 0 aromatic heterocycles. The summed E-state index contributed by atoms with van der Waals surface area (Å²) in [5.41, 5.74) is 1.24. The Balaban J connectivity index is 1.74. The van der Waals surface area contributed by atoms with Gasteiger partial charge in [-0.15, -0.1) is 0 Å². The summed E-state index contributed by atoms with van der Waals surface area (Å²) < 4.78 is 17.1. The number of ether oxygens (including phenoxy) is 3. The molecule has 1 aromatic rings. The average molecular weight is 328 g/mol. The zero-order chi connectivity index (χ0) is 14.6. The summed E-state index contributed by atoms with van der Waals surface area (Å²) >= 11 is 3.83. The van der Waals surface area contributed by atoms with E-state index in [1.807, 2.05) is 29.6 Å². The van der Waals surface area contributed by atoms with Crippen LogP contribution in [0.1, 0.15) is 5.56 Å². The lowest BCUT2D eigenvalue weighted by atomic mass is 10.2. The van der Waals surface area contributed by atoms with Crippen LogP contribution in [0.25, 0.3) is 0 Å². The van der Waals surface area contributed by atoms with Crippen molar-refractivity contribution in [2.24, 2.45) is 0 Å². The van der Waals surface area contributed by atoms with Gasteiger partial charge in [-0.1, -0.05) is 30.3 Å². The summed E-state index contributed by atoms with van der Waals surface area (Å²) in [4.78, 5) is 0. The highest BCUT2D eigenvalue weighted by atomic mass is 32.2. The van der Waals surface area contributed by atoms with E-state index in [0.29, 0.717) is 25.9 Å². The molecule has 1 aliphatic rings. The molecule has 1 aliphatic heterocycles. The quantitative estimate of drug-likeness (QED) is 0.850. The second-order valence-electron chi connectivity index (χ2n) is 4.79. The van der Waals surface area contributed by atoms with Crippen molar-refractivity contribution in [3.05, 3.63) is 35.9 Å². The average Bonchev–Trinajstić information content (AvgIpc) is 2.55. The molecule has 2 rings (SSSR count). The van der Waals surface area contributed by atoms with E-state index in [1.165, 1.54) is 5.56 Å². The molecule has 0 spiro atoms. The topological polar surface area (TPSA) is 27.7 Å². The lowest BCUT2D eigenvalue weighted by molar-refractivity contribution is 0.0605. The first-order valence-electron chi connectivity index (χ1n) is 7.41. The molecule has 1 aromatic carbocycles. The van der Waals surface area contributed by atoms with Gasteiger partial charge in [0.05, 0.1) is 39.1 Å². The third kappa shape index (κ3) is 8.12. The van der Waals surface area contributed by atoms with Gasteiger partial charge in [-0.3, -0.25) is 0 Å². The van der Waals surface area contributed by atoms with Crippen LogP contribution in [-0.2, 0) is 20.8 Å². The SMILES string of the molecule is c1ccc(COC2CSCCOCCOCCSC2)cc1. The van der Waals surface area contributed by atoms with E-state index in [4.69, 9.17) is 14.2 Å². The summed E-state index contributed by atoms with van der Waals surface area (Å²) in [7, 11) is 0. The smallest absolute Gasteiger partial charge is 0.0760 e. The van der Waals surface area contributed by atoms with Gasteiger partial charge in [0, 0.05) is 23.0 Å². The molecule has 118 valence electrons. The number of hydrogen-bond acceptors (Lipinski definition) is 5. The van der Waals surface area contributed by atoms with Crippen LogP contribution >= 0.6 is 23.5 Å². The minimum atomic E-state index is 0.293. The Kier molecular flexibility index (Phi) is 9.30. The number of benzene rings is 1. The third-order valence-electron chi connectivity index (χ3n) is 3.05. The van der Waals surface area contributed by atoms with Crippen molar-refractivity contribution in [2.45, 2.75) is 12.7 Å². The van der Waals surface area contributed by atoms with Crippen LogP contribution in [-0.4, -0.2) is 55.5 Å². The van der Waals surface area contributed by atoms with Crippen LogP contribution in [0.3, 0.4) is 0 Å². The van der Waals surface area contributed by atoms with Gasteiger partial charge in [-0.2, -0.15) is 23.5 Å². The normalized spacial score (nSPS) is 20.2. The monoisotopic (exact) mass is 328 g/mol. The maximum Gasteiger partial charge on any atom is 0.0760 e. The van der Waals surface area contributed by atoms with E-state index in [2.05, 4.69) is 24.3 Å². The van der Waals surface area contributed by atoms with Gasteiger partial charge < -0.3 is 14.2 Å². The molecule has 0 N–H and O–H groups in total. The molecule has 0 radical (unpaired) electrons. The summed E-state index contributed by atoms with van der Waals surface area (Å²) in [6.45, 7) is 3.71. The molecule has 3 nitrogen and oxygen atoms in total. The van der Waals surface area contributed by atoms with Crippen LogP contribution in [0.4, 0.5) is 0 Å². The van der Waals surface area contributed by atoms with E-state index in [1.54, 1.807) is 0 Å². The van der Waals surface area contributed by atoms with Crippen LogP contribution < -0.4 is 0 Å². The molecule has 0 bridgehead atoms. The number of thioether (sulfide) groups is 2. The summed E-state index contributed by atoms with van der Waals surface area (Å²) in [5, 5.41) is 0. The summed E-state index contributed by atoms with van der Waals surface area (Å²) in [5.74, 6) is 4.11. The van der Waals surface area contributed by atoms with E-state index >= 15 is 0 Å². The van der Waals surface area contributed by atoms with E-state index < -0.39 is 0 Å². The lowest BCUT2D eigenvalue weighted by Gasteiger charge is -2.17. The highest BCUT2D eigenvalue weighted by molar-refractivity contribution is 8.00. The highest BCUT2D eigenvalue weighted by Gasteiger charge is 2.10. The summed E-state index contributed by atoms with van der Waals surface area (Å²) in [6, 6.07) is 10.4. The predicted molar refractivity (Wildman–Crippen MR) is 91.3 cm³/mol. The third-order valence-corrected chi connectivity index (χ3v) is 5.18. The van der Waals surface area contributed by atoms with Crippen molar-refractivity contribution in [2.75, 3.05) is 49.4 Å². The fourth-order valence-corrected chi connectivity index (χ4v) is 3.83. The Morgan fingerprint density at radius 3 is 2.14 bits per heavy atom. The Labute approximate surface area is 136 Å². The van der Waals surface area contributed by atoms with Crippen molar-refractivity contribution < 1.29 is 14.2 Å². The zero-order valence-electron chi connectivity index (χ0n) is 12.4. The highest BCUT2D eigenvalue weighted by Crippen LogP contribution is 2.14. The number of rotatable bonds is 3. The molecule has 0 amide bonds. The van der Waals surface area contributed by atoms with Crippen LogP contribution in [0.2, 0.25) is 0 Å². The van der Waals surface area contributed by atoms with Crippen molar-refractivity contribution in [3.63, 3.8) is 0 Å². The maximum absolute atomic E-state index is 6.08. The minimum absolute atomic E-state index is 0.293. The Hall–Kier alpha value is -0.200. The molecular formula is C16H24O3S2. The van der Waals surface area contributed by atoms with Crippen LogP contribution in [0.15, 0.2) is 30.3 Å². The van der Waals surface area contributed by atoms with Crippen molar-refractivity contribution in [1.82, 2.24) is 0 Å². The Morgan fingerprint density at radius 2 is 1.52 bits per heavy atom. The van der Waals surface area contributed by atoms with Gasteiger partial charge in [-0.25, -0.2) is 0 Å². The molecule has 21 heavy (non-hydrogen) atoms. The zero-order valence-corrected chi connectivity index (χ0v) is 14.0. The largest absolute Gasteiger partial charge is 0.378 e. The van der Waals surface area contributed by atoms with Gasteiger partial charge in [0.15, 0.2) is 0 Å². The van der Waals surface area contributed by atoms with E-state index in [0.717, 1.165) is 36.2 Å². The molecule has 1 fully saturated rings. The van der Waals surface area contributed by atoms with Crippen molar-refractivity contribution in [3.8, 4) is 0 Å². The molecule has 0 atom stereocenters. The van der Waals surface area contributed by atoms with Crippen molar-refractivity contribution in [1.29, 1.82) is 0 Å². The van der Waals surface area contributed by atoms with E-state index in [-0.39, 0.29) is 0 Å². The first kappa shape index (κ1) is 17.2. The molecular weight excluding hydrogens is 304 g/mol. The molecule has 0 unspecified atom stereocenters. The maximum atomic E-state index is 6.08. The standard InChI is InChI=1S/C16H24O3S2/c1-2-4-15(5-3-1)12-19-16-13-20-10-8-17-6-7-18-9-11-21-14-16/h1-5,16H,6-14H2. The predicted octanol–water partition coefficient (Wildman–Crippen LogP) is 3.09. The lowest BCUT2D eigenvalue weighted by Crippen LogP contribution is -2.20.